The van der Waals surface area contributed by atoms with Crippen LogP contribution in [-0.2, 0) is 4.79 Å². The van der Waals surface area contributed by atoms with Crippen molar-refractivity contribution in [3.63, 3.8) is 0 Å². The summed E-state index contributed by atoms with van der Waals surface area (Å²) in [5.41, 5.74) is 5.88. The Bertz CT molecular complexity index is 576. The predicted molar refractivity (Wildman–Crippen MR) is 85.7 cm³/mol. The molecule has 0 atom stereocenters. The van der Waals surface area contributed by atoms with Crippen molar-refractivity contribution >= 4 is 11.8 Å². The summed E-state index contributed by atoms with van der Waals surface area (Å²) in [6, 6.07) is 5.16. The summed E-state index contributed by atoms with van der Waals surface area (Å²) in [5.74, 6) is 0.597. The lowest BCUT2D eigenvalue weighted by Gasteiger charge is -2.32. The summed E-state index contributed by atoms with van der Waals surface area (Å²) in [7, 11) is 3.26. The van der Waals surface area contributed by atoms with E-state index in [4.69, 9.17) is 15.2 Å². The van der Waals surface area contributed by atoms with Gasteiger partial charge < -0.3 is 25.0 Å². The molecule has 126 valence electrons. The maximum Gasteiger partial charge on any atom is 0.258 e. The van der Waals surface area contributed by atoms with Crippen LogP contribution >= 0.6 is 0 Å². The van der Waals surface area contributed by atoms with Crippen LogP contribution in [0.5, 0.6) is 11.5 Å². The van der Waals surface area contributed by atoms with Gasteiger partial charge in [0.05, 0.1) is 19.3 Å². The van der Waals surface area contributed by atoms with Crippen molar-refractivity contribution in [3.8, 4) is 11.5 Å². The summed E-state index contributed by atoms with van der Waals surface area (Å²) in [6.45, 7) is 2.01. The number of nitrogens with two attached hydrogens (primary N) is 1. The molecule has 0 aliphatic carbocycles. The monoisotopic (exact) mass is 321 g/mol. The zero-order valence-corrected chi connectivity index (χ0v) is 13.6. The van der Waals surface area contributed by atoms with Gasteiger partial charge in [0.1, 0.15) is 6.54 Å². The summed E-state index contributed by atoms with van der Waals surface area (Å²) in [4.78, 5) is 27.7. The molecule has 7 nitrogen and oxygen atoms in total. The van der Waals surface area contributed by atoms with E-state index in [-0.39, 0.29) is 18.4 Å². The number of carbonyl (C=O) groups excluding carboxylic acids is 2. The first-order chi connectivity index (χ1) is 11.1. The molecule has 2 N–H and O–H groups in total. The molecule has 0 spiro atoms. The second-order valence-corrected chi connectivity index (χ2v) is 5.37. The van der Waals surface area contributed by atoms with Crippen LogP contribution < -0.4 is 15.2 Å². The van der Waals surface area contributed by atoms with Gasteiger partial charge in [0.15, 0.2) is 11.5 Å². The highest BCUT2D eigenvalue weighted by molar-refractivity contribution is 6.00. The molecular weight excluding hydrogens is 298 g/mol. The van der Waals surface area contributed by atoms with Gasteiger partial charge in [-0.3, -0.25) is 9.59 Å². The molecule has 0 saturated carbocycles. The van der Waals surface area contributed by atoms with E-state index < -0.39 is 0 Å². The molecule has 1 aliphatic rings. The topological polar surface area (TPSA) is 85.1 Å². The van der Waals surface area contributed by atoms with Crippen molar-refractivity contribution in [3.05, 3.63) is 23.8 Å². The molecule has 1 heterocycles. The number of likely N-dealkylation sites (N-methyl/N-ethyl adjacent to an activating group) is 1. The number of methoxy groups -OCH3 is 1. The van der Waals surface area contributed by atoms with E-state index in [1.165, 1.54) is 12.0 Å². The Labute approximate surface area is 135 Å². The van der Waals surface area contributed by atoms with Crippen molar-refractivity contribution in [2.24, 2.45) is 5.73 Å². The largest absolute Gasteiger partial charge is 0.493 e. The van der Waals surface area contributed by atoms with Crippen LogP contribution in [0.4, 0.5) is 0 Å². The number of amides is 2. The van der Waals surface area contributed by atoms with Gasteiger partial charge in [0, 0.05) is 20.1 Å². The lowest BCUT2D eigenvalue weighted by Crippen LogP contribution is -2.50. The Morgan fingerprint density at radius 3 is 2.78 bits per heavy atom. The average Bonchev–Trinajstić information content (AvgIpc) is 2.57. The SMILES string of the molecule is COc1cccc(C(=O)N2CCN(C)C(=O)C2)c1OCCCN. The van der Waals surface area contributed by atoms with Crippen LogP contribution in [-0.4, -0.2) is 68.6 Å². The molecule has 23 heavy (non-hydrogen) atoms. The second-order valence-electron chi connectivity index (χ2n) is 5.37. The van der Waals surface area contributed by atoms with Gasteiger partial charge in [-0.15, -0.1) is 0 Å². The first kappa shape index (κ1) is 17.1. The molecule has 0 radical (unpaired) electrons. The highest BCUT2D eigenvalue weighted by Gasteiger charge is 2.28. The fourth-order valence-electron chi connectivity index (χ4n) is 2.35. The summed E-state index contributed by atoms with van der Waals surface area (Å²) in [6.07, 6.45) is 0.679. The van der Waals surface area contributed by atoms with Crippen molar-refractivity contribution < 1.29 is 19.1 Å². The van der Waals surface area contributed by atoms with Crippen LogP contribution in [0.1, 0.15) is 16.8 Å². The first-order valence-electron chi connectivity index (χ1n) is 7.61. The minimum Gasteiger partial charge on any atom is -0.493 e. The number of hydrogen-bond donors (Lipinski definition) is 1. The van der Waals surface area contributed by atoms with E-state index in [0.717, 1.165) is 0 Å². The summed E-state index contributed by atoms with van der Waals surface area (Å²) in [5, 5.41) is 0. The van der Waals surface area contributed by atoms with E-state index in [2.05, 4.69) is 0 Å². The normalized spacial score (nSPS) is 14.8. The summed E-state index contributed by atoms with van der Waals surface area (Å²) >= 11 is 0. The molecule has 2 amide bonds. The number of hydrogen-bond acceptors (Lipinski definition) is 5. The Morgan fingerprint density at radius 2 is 2.13 bits per heavy atom. The Morgan fingerprint density at radius 1 is 1.35 bits per heavy atom. The standard InChI is InChI=1S/C16H23N3O4/c1-18-8-9-19(11-14(18)20)16(21)12-5-3-6-13(22-2)15(12)23-10-4-7-17/h3,5-6H,4,7-11,17H2,1-2H3. The Kier molecular flexibility index (Phi) is 5.81. The lowest BCUT2D eigenvalue weighted by molar-refractivity contribution is -0.133. The highest BCUT2D eigenvalue weighted by Crippen LogP contribution is 2.32. The molecule has 1 aromatic rings. The minimum absolute atomic E-state index is 0.0712. The molecule has 0 aromatic heterocycles. The predicted octanol–water partition coefficient (Wildman–Crippen LogP) is 0.337. The molecule has 7 heteroatoms. The number of para-hydroxylation sites is 1. The molecule has 2 rings (SSSR count). The van der Waals surface area contributed by atoms with Gasteiger partial charge in [0.25, 0.3) is 5.91 Å². The summed E-state index contributed by atoms with van der Waals surface area (Å²) < 4.78 is 11.0. The van der Waals surface area contributed by atoms with E-state index in [1.807, 2.05) is 0 Å². The van der Waals surface area contributed by atoms with Gasteiger partial charge in [0.2, 0.25) is 5.91 Å². The van der Waals surface area contributed by atoms with E-state index in [0.29, 0.717) is 49.7 Å². The molecule has 1 fully saturated rings. The first-order valence-corrected chi connectivity index (χ1v) is 7.61. The molecule has 1 aliphatic heterocycles. The molecule has 1 aromatic carbocycles. The van der Waals surface area contributed by atoms with Crippen LogP contribution in [0.15, 0.2) is 18.2 Å². The third-order valence-electron chi connectivity index (χ3n) is 3.77. The molecule has 0 unspecified atom stereocenters. The number of benzene rings is 1. The zero-order valence-electron chi connectivity index (χ0n) is 13.6. The van der Waals surface area contributed by atoms with Crippen LogP contribution in [0.2, 0.25) is 0 Å². The highest BCUT2D eigenvalue weighted by atomic mass is 16.5. The number of rotatable bonds is 6. The second kappa shape index (κ2) is 7.82. The number of ether oxygens (including phenoxy) is 2. The molecule has 1 saturated heterocycles. The third-order valence-corrected chi connectivity index (χ3v) is 3.77. The van der Waals surface area contributed by atoms with Gasteiger partial charge in [-0.1, -0.05) is 6.07 Å². The molecule has 0 bridgehead atoms. The fraction of sp³-hybridized carbons (Fsp3) is 0.500. The molecular formula is C16H23N3O4. The minimum atomic E-state index is -0.229. The lowest BCUT2D eigenvalue weighted by atomic mass is 10.1. The van der Waals surface area contributed by atoms with E-state index >= 15 is 0 Å². The quantitative estimate of drug-likeness (QED) is 0.764. The Hall–Kier alpha value is -2.28. The van der Waals surface area contributed by atoms with Crippen LogP contribution in [0, 0.1) is 0 Å². The van der Waals surface area contributed by atoms with Gasteiger partial charge in [-0.2, -0.15) is 0 Å². The van der Waals surface area contributed by atoms with Crippen LogP contribution in [0.25, 0.3) is 0 Å². The van der Waals surface area contributed by atoms with Crippen LogP contribution in [0.3, 0.4) is 0 Å². The van der Waals surface area contributed by atoms with Gasteiger partial charge in [-0.25, -0.2) is 0 Å². The zero-order chi connectivity index (χ0) is 16.8. The number of carbonyl (C=O) groups is 2. The van der Waals surface area contributed by atoms with Crippen molar-refractivity contribution in [2.45, 2.75) is 6.42 Å². The smallest absolute Gasteiger partial charge is 0.258 e. The number of piperazine rings is 1. The fourth-order valence-corrected chi connectivity index (χ4v) is 2.35. The maximum atomic E-state index is 12.8. The average molecular weight is 321 g/mol. The van der Waals surface area contributed by atoms with E-state index in [1.54, 1.807) is 30.1 Å². The van der Waals surface area contributed by atoms with Crippen molar-refractivity contribution in [1.29, 1.82) is 0 Å². The van der Waals surface area contributed by atoms with Crippen molar-refractivity contribution in [1.82, 2.24) is 9.80 Å². The van der Waals surface area contributed by atoms with Gasteiger partial charge >= 0.3 is 0 Å². The number of nitrogens with zero attached hydrogens (tertiary/aromatic N) is 2. The van der Waals surface area contributed by atoms with Gasteiger partial charge in [-0.05, 0) is 25.1 Å². The Balaban J connectivity index is 2.23. The third kappa shape index (κ3) is 3.92. The van der Waals surface area contributed by atoms with E-state index in [9.17, 15) is 9.59 Å². The van der Waals surface area contributed by atoms with Crippen molar-refractivity contribution in [2.75, 3.05) is 46.9 Å². The maximum absolute atomic E-state index is 12.8.